The van der Waals surface area contributed by atoms with Crippen molar-refractivity contribution in [2.75, 3.05) is 11.9 Å². The Hall–Kier alpha value is -4.25. The number of carbonyl (C=O) groups is 2. The molecule has 0 bridgehead atoms. The standard InChI is InChI=1S/C24H22N4O6S/c1-2-16-14-20(12-13-21(16)25-23(29)18-8-10-19(11-9-18)28(31)32)35(33,34)27-15-22(26-24(27)30)17-6-4-3-5-7-17/h3-14,22H,2,15H2,1H3,(H,25,29)(H,26,30)/t22-/m1/s1. The number of urea groups is 1. The highest BCUT2D eigenvalue weighted by molar-refractivity contribution is 7.89. The number of carbonyl (C=O) groups excluding carboxylic acids is 2. The molecule has 2 N–H and O–H groups in total. The van der Waals surface area contributed by atoms with Crippen molar-refractivity contribution in [2.45, 2.75) is 24.3 Å². The summed E-state index contributed by atoms with van der Waals surface area (Å²) in [7, 11) is -4.13. The van der Waals surface area contributed by atoms with Crippen molar-refractivity contribution < 1.29 is 22.9 Å². The second-order valence-corrected chi connectivity index (χ2v) is 9.74. The third kappa shape index (κ3) is 4.85. The third-order valence-corrected chi connectivity index (χ3v) is 7.45. The molecule has 0 radical (unpaired) electrons. The maximum absolute atomic E-state index is 13.3. The monoisotopic (exact) mass is 494 g/mol. The molecule has 180 valence electrons. The summed E-state index contributed by atoms with van der Waals surface area (Å²) >= 11 is 0. The van der Waals surface area contributed by atoms with Crippen LogP contribution in [0.2, 0.25) is 0 Å². The lowest BCUT2D eigenvalue weighted by Gasteiger charge is -2.17. The Kier molecular flexibility index (Phi) is 6.52. The minimum Gasteiger partial charge on any atom is -0.328 e. The van der Waals surface area contributed by atoms with E-state index in [4.69, 9.17) is 0 Å². The number of non-ortho nitro benzene ring substituents is 1. The highest BCUT2D eigenvalue weighted by atomic mass is 32.2. The van der Waals surface area contributed by atoms with Crippen molar-refractivity contribution in [1.29, 1.82) is 0 Å². The number of nitro benzene ring substituents is 1. The van der Waals surface area contributed by atoms with Gasteiger partial charge in [0.15, 0.2) is 0 Å². The van der Waals surface area contributed by atoms with Gasteiger partial charge in [-0.25, -0.2) is 17.5 Å². The molecule has 3 aromatic carbocycles. The van der Waals surface area contributed by atoms with Crippen molar-refractivity contribution >= 4 is 33.3 Å². The smallest absolute Gasteiger partial charge is 0.328 e. The van der Waals surface area contributed by atoms with Crippen LogP contribution in [0.15, 0.2) is 77.7 Å². The lowest BCUT2D eigenvalue weighted by molar-refractivity contribution is -0.384. The van der Waals surface area contributed by atoms with Crippen molar-refractivity contribution in [1.82, 2.24) is 9.62 Å². The molecule has 0 unspecified atom stereocenters. The lowest BCUT2D eigenvalue weighted by atomic mass is 10.1. The zero-order valence-corrected chi connectivity index (χ0v) is 19.5. The van der Waals surface area contributed by atoms with Crippen LogP contribution < -0.4 is 10.6 Å². The summed E-state index contributed by atoms with van der Waals surface area (Å²) in [6.45, 7) is 1.77. The van der Waals surface area contributed by atoms with Gasteiger partial charge in [0, 0.05) is 23.4 Å². The fourth-order valence-corrected chi connectivity index (χ4v) is 5.20. The number of rotatable bonds is 7. The van der Waals surface area contributed by atoms with Crippen LogP contribution in [0.4, 0.5) is 16.2 Å². The molecule has 3 aromatic rings. The fraction of sp³-hybridized carbons (Fsp3) is 0.167. The summed E-state index contributed by atoms with van der Waals surface area (Å²) in [6, 6.07) is 17.3. The molecule has 0 aliphatic carbocycles. The number of amides is 3. The highest BCUT2D eigenvalue weighted by Crippen LogP contribution is 2.29. The first-order valence-electron chi connectivity index (χ1n) is 10.8. The molecule has 0 saturated carbocycles. The normalized spacial score (nSPS) is 15.5. The number of hydrogen-bond acceptors (Lipinski definition) is 6. The fourth-order valence-electron chi connectivity index (χ4n) is 3.80. The molecule has 1 heterocycles. The molecule has 1 aliphatic rings. The molecule has 1 atom stereocenters. The van der Waals surface area contributed by atoms with Gasteiger partial charge in [0.2, 0.25) is 0 Å². The van der Waals surface area contributed by atoms with Crippen LogP contribution in [0.1, 0.15) is 34.5 Å². The van der Waals surface area contributed by atoms with Gasteiger partial charge in [0.25, 0.3) is 21.6 Å². The van der Waals surface area contributed by atoms with E-state index in [-0.39, 0.29) is 22.7 Å². The maximum Gasteiger partial charge on any atom is 0.331 e. The largest absolute Gasteiger partial charge is 0.331 e. The third-order valence-electron chi connectivity index (χ3n) is 5.71. The van der Waals surface area contributed by atoms with Crippen LogP contribution in [0.25, 0.3) is 0 Å². The van der Waals surface area contributed by atoms with Gasteiger partial charge < -0.3 is 10.6 Å². The van der Waals surface area contributed by atoms with Crippen LogP contribution in [0, 0.1) is 10.1 Å². The Balaban J connectivity index is 1.55. The number of sulfonamides is 1. The molecule has 1 fully saturated rings. The van der Waals surface area contributed by atoms with Gasteiger partial charge in [-0.1, -0.05) is 37.3 Å². The zero-order chi connectivity index (χ0) is 25.2. The van der Waals surface area contributed by atoms with E-state index >= 15 is 0 Å². The van der Waals surface area contributed by atoms with E-state index in [2.05, 4.69) is 10.6 Å². The number of anilines is 1. The molecule has 0 spiro atoms. The van der Waals surface area contributed by atoms with Crippen molar-refractivity contribution in [3.05, 3.63) is 99.6 Å². The lowest BCUT2D eigenvalue weighted by Crippen LogP contribution is -2.34. The Morgan fingerprint density at radius 3 is 2.43 bits per heavy atom. The molecule has 0 aromatic heterocycles. The van der Waals surface area contributed by atoms with Gasteiger partial charge in [-0.2, -0.15) is 0 Å². The van der Waals surface area contributed by atoms with Crippen molar-refractivity contribution in [3.63, 3.8) is 0 Å². The van der Waals surface area contributed by atoms with Gasteiger partial charge in [-0.3, -0.25) is 14.9 Å². The average Bonchev–Trinajstić information content (AvgIpc) is 3.27. The minimum absolute atomic E-state index is 0.0364. The summed E-state index contributed by atoms with van der Waals surface area (Å²) < 4.78 is 27.3. The number of aryl methyl sites for hydroxylation is 1. The topological polar surface area (TPSA) is 139 Å². The van der Waals surface area contributed by atoms with E-state index < -0.39 is 32.9 Å². The molecule has 3 amide bonds. The first-order valence-corrected chi connectivity index (χ1v) is 12.2. The van der Waals surface area contributed by atoms with E-state index in [1.807, 2.05) is 30.3 Å². The van der Waals surface area contributed by atoms with Gasteiger partial charge in [0.05, 0.1) is 22.4 Å². The first-order chi connectivity index (χ1) is 16.7. The summed E-state index contributed by atoms with van der Waals surface area (Å²) in [5.41, 5.74) is 1.85. The molecule has 11 heteroatoms. The van der Waals surface area contributed by atoms with Gasteiger partial charge >= 0.3 is 6.03 Å². The summed E-state index contributed by atoms with van der Waals surface area (Å²) in [5.74, 6) is -0.491. The van der Waals surface area contributed by atoms with E-state index in [1.54, 1.807) is 6.92 Å². The second kappa shape index (κ2) is 9.55. The minimum atomic E-state index is -4.13. The van der Waals surface area contributed by atoms with E-state index in [0.717, 1.165) is 9.87 Å². The van der Waals surface area contributed by atoms with Crippen LogP contribution >= 0.6 is 0 Å². The molecular formula is C24H22N4O6S. The van der Waals surface area contributed by atoms with Gasteiger partial charge in [0.1, 0.15) is 0 Å². The SMILES string of the molecule is CCc1cc(S(=O)(=O)N2C[C@H](c3ccccc3)NC2=O)ccc1NC(=O)c1ccc([N+](=O)[O-])cc1. The van der Waals surface area contributed by atoms with Crippen LogP contribution in [-0.2, 0) is 16.4 Å². The predicted octanol–water partition coefficient (Wildman–Crippen LogP) is 3.86. The first kappa shape index (κ1) is 23.9. The van der Waals surface area contributed by atoms with E-state index in [9.17, 15) is 28.1 Å². The number of nitrogens with zero attached hydrogens (tertiary/aromatic N) is 2. The summed E-state index contributed by atoms with van der Waals surface area (Å²) in [5, 5.41) is 16.2. The van der Waals surface area contributed by atoms with Crippen LogP contribution in [0.5, 0.6) is 0 Å². The van der Waals surface area contributed by atoms with Crippen molar-refractivity contribution in [3.8, 4) is 0 Å². The van der Waals surface area contributed by atoms with Crippen molar-refractivity contribution in [2.24, 2.45) is 0 Å². The summed E-state index contributed by atoms with van der Waals surface area (Å²) in [4.78, 5) is 35.3. The molecule has 4 rings (SSSR count). The average molecular weight is 495 g/mol. The quantitative estimate of drug-likeness (QED) is 0.378. The van der Waals surface area contributed by atoms with E-state index in [1.165, 1.54) is 42.5 Å². The number of nitro groups is 1. The van der Waals surface area contributed by atoms with E-state index in [0.29, 0.717) is 17.7 Å². The number of hydrogen-bond donors (Lipinski definition) is 2. The number of nitrogens with one attached hydrogen (secondary N) is 2. The molecule has 35 heavy (non-hydrogen) atoms. The van der Waals surface area contributed by atoms with Crippen LogP contribution in [-0.4, -0.2) is 36.1 Å². The Labute approximate surface area is 201 Å². The second-order valence-electron chi connectivity index (χ2n) is 7.88. The van der Waals surface area contributed by atoms with Gasteiger partial charge in [-0.05, 0) is 47.9 Å². The Morgan fingerprint density at radius 2 is 1.80 bits per heavy atom. The molecule has 1 saturated heterocycles. The predicted molar refractivity (Wildman–Crippen MR) is 128 cm³/mol. The molecular weight excluding hydrogens is 472 g/mol. The molecule has 1 aliphatic heterocycles. The summed E-state index contributed by atoms with van der Waals surface area (Å²) in [6.07, 6.45) is 0.415. The van der Waals surface area contributed by atoms with Crippen LogP contribution in [0.3, 0.4) is 0 Å². The Morgan fingerprint density at radius 1 is 1.11 bits per heavy atom. The molecule has 10 nitrogen and oxygen atoms in total. The zero-order valence-electron chi connectivity index (χ0n) is 18.7. The van der Waals surface area contributed by atoms with Gasteiger partial charge in [-0.15, -0.1) is 0 Å². The maximum atomic E-state index is 13.3. The Bertz CT molecular complexity index is 1390. The highest BCUT2D eigenvalue weighted by Gasteiger charge is 2.38. The number of benzene rings is 3.